The molecule has 0 atom stereocenters. The third kappa shape index (κ3) is 3.77. The number of nitrogens with zero attached hydrogens (tertiary/aromatic N) is 2. The number of hydrogen-bond acceptors (Lipinski definition) is 2. The summed E-state index contributed by atoms with van der Waals surface area (Å²) in [6, 6.07) is 14.5. The maximum atomic E-state index is 12.8. The number of benzene rings is 2. The number of anilines is 1. The number of amides is 1. The third-order valence-electron chi connectivity index (χ3n) is 5.32. The Hall–Kier alpha value is -2.29. The standard InChI is InChI=1S/C23H30N2O/c1-17-7-6-8-18(2)21(17)24-13-15-25(16-14-24)22(26)19-9-11-20(12-10-19)23(3,4)5/h6-12H,13-16H2,1-5H3. The molecule has 1 aliphatic rings. The lowest BCUT2D eigenvalue weighted by molar-refractivity contribution is 0.0746. The molecule has 1 heterocycles. The van der Waals surface area contributed by atoms with Crippen molar-refractivity contribution in [2.75, 3.05) is 31.1 Å². The number of carbonyl (C=O) groups excluding carboxylic acids is 1. The molecule has 2 aromatic carbocycles. The van der Waals surface area contributed by atoms with Gasteiger partial charge in [0.15, 0.2) is 0 Å². The largest absolute Gasteiger partial charge is 0.368 e. The van der Waals surface area contributed by atoms with Crippen molar-refractivity contribution in [1.29, 1.82) is 0 Å². The molecule has 1 saturated heterocycles. The molecule has 0 N–H and O–H groups in total. The van der Waals surface area contributed by atoms with Gasteiger partial charge in [-0.3, -0.25) is 4.79 Å². The van der Waals surface area contributed by atoms with Crippen LogP contribution in [0.2, 0.25) is 0 Å². The van der Waals surface area contributed by atoms with Crippen molar-refractivity contribution in [2.45, 2.75) is 40.0 Å². The van der Waals surface area contributed by atoms with Crippen LogP contribution in [0, 0.1) is 13.8 Å². The van der Waals surface area contributed by atoms with Gasteiger partial charge in [0.1, 0.15) is 0 Å². The van der Waals surface area contributed by atoms with E-state index in [4.69, 9.17) is 0 Å². The Morgan fingerprint density at radius 1 is 0.846 bits per heavy atom. The predicted molar refractivity (Wildman–Crippen MR) is 109 cm³/mol. The minimum absolute atomic E-state index is 0.110. The molecule has 1 amide bonds. The summed E-state index contributed by atoms with van der Waals surface area (Å²) in [7, 11) is 0. The van der Waals surface area contributed by atoms with Crippen molar-refractivity contribution in [3.8, 4) is 0 Å². The monoisotopic (exact) mass is 350 g/mol. The zero-order chi connectivity index (χ0) is 18.9. The summed E-state index contributed by atoms with van der Waals surface area (Å²) in [6.45, 7) is 14.2. The van der Waals surface area contributed by atoms with Gasteiger partial charge in [-0.05, 0) is 48.1 Å². The first kappa shape index (κ1) is 18.5. The van der Waals surface area contributed by atoms with Crippen molar-refractivity contribution >= 4 is 11.6 Å². The van der Waals surface area contributed by atoms with E-state index >= 15 is 0 Å². The minimum Gasteiger partial charge on any atom is -0.368 e. The first-order valence-corrected chi connectivity index (χ1v) is 9.48. The maximum absolute atomic E-state index is 12.8. The Labute approximate surface area is 157 Å². The van der Waals surface area contributed by atoms with E-state index in [0.29, 0.717) is 0 Å². The van der Waals surface area contributed by atoms with Crippen LogP contribution in [-0.2, 0) is 5.41 Å². The zero-order valence-corrected chi connectivity index (χ0v) is 16.7. The molecule has 1 aliphatic heterocycles. The number of rotatable bonds is 2. The van der Waals surface area contributed by atoms with Gasteiger partial charge in [-0.1, -0.05) is 51.1 Å². The normalized spacial score (nSPS) is 15.3. The molecule has 0 spiro atoms. The van der Waals surface area contributed by atoms with Gasteiger partial charge in [0.25, 0.3) is 5.91 Å². The van der Waals surface area contributed by atoms with Gasteiger partial charge in [0.05, 0.1) is 0 Å². The molecule has 26 heavy (non-hydrogen) atoms. The van der Waals surface area contributed by atoms with Gasteiger partial charge in [-0.15, -0.1) is 0 Å². The Morgan fingerprint density at radius 3 is 1.88 bits per heavy atom. The maximum Gasteiger partial charge on any atom is 0.253 e. The lowest BCUT2D eigenvalue weighted by Crippen LogP contribution is -2.49. The van der Waals surface area contributed by atoms with Crippen LogP contribution < -0.4 is 4.90 Å². The van der Waals surface area contributed by atoms with Gasteiger partial charge in [0, 0.05) is 37.4 Å². The van der Waals surface area contributed by atoms with E-state index in [0.717, 1.165) is 31.7 Å². The number of carbonyl (C=O) groups is 1. The average molecular weight is 351 g/mol. The van der Waals surface area contributed by atoms with Gasteiger partial charge in [-0.25, -0.2) is 0 Å². The molecule has 3 heteroatoms. The summed E-state index contributed by atoms with van der Waals surface area (Å²) in [5, 5.41) is 0. The van der Waals surface area contributed by atoms with E-state index in [1.54, 1.807) is 0 Å². The molecule has 0 saturated carbocycles. The molecule has 3 rings (SSSR count). The fraction of sp³-hybridized carbons (Fsp3) is 0.435. The highest BCUT2D eigenvalue weighted by Crippen LogP contribution is 2.26. The van der Waals surface area contributed by atoms with E-state index in [-0.39, 0.29) is 11.3 Å². The van der Waals surface area contributed by atoms with Crippen LogP contribution in [0.4, 0.5) is 5.69 Å². The van der Waals surface area contributed by atoms with E-state index in [1.165, 1.54) is 22.4 Å². The van der Waals surface area contributed by atoms with Crippen molar-refractivity contribution in [3.05, 3.63) is 64.7 Å². The Kier molecular flexibility index (Phi) is 5.08. The highest BCUT2D eigenvalue weighted by molar-refractivity contribution is 5.94. The van der Waals surface area contributed by atoms with Crippen LogP contribution in [0.15, 0.2) is 42.5 Å². The van der Waals surface area contributed by atoms with Crippen molar-refractivity contribution in [2.24, 2.45) is 0 Å². The Bertz CT molecular complexity index is 759. The van der Waals surface area contributed by atoms with Gasteiger partial charge < -0.3 is 9.80 Å². The lowest BCUT2D eigenvalue weighted by Gasteiger charge is -2.37. The molecule has 3 nitrogen and oxygen atoms in total. The number of para-hydroxylation sites is 1. The molecule has 0 bridgehead atoms. The molecule has 138 valence electrons. The molecular weight excluding hydrogens is 320 g/mol. The Morgan fingerprint density at radius 2 is 1.38 bits per heavy atom. The van der Waals surface area contributed by atoms with Crippen molar-refractivity contribution in [1.82, 2.24) is 4.90 Å². The molecule has 0 unspecified atom stereocenters. The molecule has 0 radical (unpaired) electrons. The predicted octanol–water partition coefficient (Wildman–Crippen LogP) is 4.56. The van der Waals surface area contributed by atoms with Crippen molar-refractivity contribution < 1.29 is 4.79 Å². The average Bonchev–Trinajstić information content (AvgIpc) is 2.61. The van der Waals surface area contributed by atoms with Crippen LogP contribution in [-0.4, -0.2) is 37.0 Å². The smallest absolute Gasteiger partial charge is 0.253 e. The second-order valence-corrected chi connectivity index (χ2v) is 8.35. The third-order valence-corrected chi connectivity index (χ3v) is 5.32. The van der Waals surface area contributed by atoms with Crippen LogP contribution in [0.1, 0.15) is 47.8 Å². The number of hydrogen-bond donors (Lipinski definition) is 0. The summed E-state index contributed by atoms with van der Waals surface area (Å²) in [6.07, 6.45) is 0. The van der Waals surface area contributed by atoms with Crippen molar-refractivity contribution in [3.63, 3.8) is 0 Å². The first-order chi connectivity index (χ1) is 12.3. The minimum atomic E-state index is 0.110. The number of aryl methyl sites for hydroxylation is 2. The second kappa shape index (κ2) is 7.14. The van der Waals surface area contributed by atoms with Gasteiger partial charge in [0.2, 0.25) is 0 Å². The fourth-order valence-corrected chi connectivity index (χ4v) is 3.73. The van der Waals surface area contributed by atoms with Crippen LogP contribution in [0.5, 0.6) is 0 Å². The molecule has 2 aromatic rings. The lowest BCUT2D eigenvalue weighted by atomic mass is 9.86. The SMILES string of the molecule is Cc1cccc(C)c1N1CCN(C(=O)c2ccc(C(C)(C)C)cc2)CC1. The van der Waals surface area contributed by atoms with E-state index in [9.17, 15) is 4.79 Å². The fourth-order valence-electron chi connectivity index (χ4n) is 3.73. The van der Waals surface area contributed by atoms with Gasteiger partial charge in [-0.2, -0.15) is 0 Å². The summed E-state index contributed by atoms with van der Waals surface area (Å²) >= 11 is 0. The summed E-state index contributed by atoms with van der Waals surface area (Å²) in [5.41, 5.74) is 6.10. The summed E-state index contributed by atoms with van der Waals surface area (Å²) < 4.78 is 0. The van der Waals surface area contributed by atoms with Gasteiger partial charge >= 0.3 is 0 Å². The summed E-state index contributed by atoms with van der Waals surface area (Å²) in [4.78, 5) is 17.2. The molecular formula is C23H30N2O. The quantitative estimate of drug-likeness (QED) is 0.792. The molecule has 0 aliphatic carbocycles. The highest BCUT2D eigenvalue weighted by atomic mass is 16.2. The van der Waals surface area contributed by atoms with Crippen LogP contribution >= 0.6 is 0 Å². The Balaban J connectivity index is 1.67. The molecule has 1 fully saturated rings. The van der Waals surface area contributed by atoms with E-state index < -0.39 is 0 Å². The zero-order valence-electron chi connectivity index (χ0n) is 16.7. The van der Waals surface area contributed by atoms with Crippen LogP contribution in [0.3, 0.4) is 0 Å². The van der Waals surface area contributed by atoms with E-state index in [2.05, 4.69) is 69.9 Å². The number of piperazine rings is 1. The summed E-state index contributed by atoms with van der Waals surface area (Å²) in [5.74, 6) is 0.145. The van der Waals surface area contributed by atoms with E-state index in [1.807, 2.05) is 17.0 Å². The highest BCUT2D eigenvalue weighted by Gasteiger charge is 2.24. The van der Waals surface area contributed by atoms with Crippen LogP contribution in [0.25, 0.3) is 0 Å². The topological polar surface area (TPSA) is 23.6 Å². The molecule has 0 aromatic heterocycles. The second-order valence-electron chi connectivity index (χ2n) is 8.35. The first-order valence-electron chi connectivity index (χ1n) is 9.48.